The molecule has 1 aliphatic rings. The van der Waals surface area contributed by atoms with Gasteiger partial charge in [-0.25, -0.2) is 8.42 Å². The van der Waals surface area contributed by atoms with Crippen LogP contribution in [-0.2, 0) is 21.2 Å². The predicted octanol–water partition coefficient (Wildman–Crippen LogP) is 3.80. The summed E-state index contributed by atoms with van der Waals surface area (Å²) in [4.78, 5) is 12.7. The van der Waals surface area contributed by atoms with E-state index in [9.17, 15) is 13.2 Å². The van der Waals surface area contributed by atoms with Gasteiger partial charge in [-0.15, -0.1) is 0 Å². The monoisotopic (exact) mass is 434 g/mol. The van der Waals surface area contributed by atoms with Gasteiger partial charge in [0, 0.05) is 30.6 Å². The molecular weight excluding hydrogens is 408 g/mol. The summed E-state index contributed by atoms with van der Waals surface area (Å²) in [6.45, 7) is 3.25. The Morgan fingerprint density at radius 2 is 1.76 bits per heavy atom. The Bertz CT molecular complexity index is 937. The lowest BCUT2D eigenvalue weighted by atomic mass is 9.97. The zero-order valence-electron chi connectivity index (χ0n) is 16.6. The van der Waals surface area contributed by atoms with Gasteiger partial charge in [0.2, 0.25) is 15.9 Å². The fraction of sp³-hybridized carbons (Fsp3) is 0.409. The number of amides is 1. The Morgan fingerprint density at radius 3 is 2.41 bits per heavy atom. The Hall–Kier alpha value is -1.89. The molecule has 1 heterocycles. The van der Waals surface area contributed by atoms with Crippen molar-refractivity contribution in [1.29, 1.82) is 0 Å². The average Bonchev–Trinajstić information content (AvgIpc) is 2.72. The first-order valence-corrected chi connectivity index (χ1v) is 11.8. The van der Waals surface area contributed by atoms with Crippen LogP contribution in [0.5, 0.6) is 0 Å². The fourth-order valence-electron chi connectivity index (χ4n) is 3.55. The van der Waals surface area contributed by atoms with E-state index in [1.807, 2.05) is 31.2 Å². The van der Waals surface area contributed by atoms with Crippen molar-refractivity contribution in [1.82, 2.24) is 9.62 Å². The van der Waals surface area contributed by atoms with Crippen LogP contribution in [0.2, 0.25) is 5.02 Å². The third-order valence-electron chi connectivity index (χ3n) is 5.36. The van der Waals surface area contributed by atoms with Crippen LogP contribution in [0.4, 0.5) is 0 Å². The molecule has 0 aromatic heterocycles. The number of nitrogens with one attached hydrogen (secondary N) is 1. The highest BCUT2D eigenvalue weighted by atomic mass is 35.5. The number of piperidine rings is 1. The molecule has 1 amide bonds. The molecule has 1 fully saturated rings. The summed E-state index contributed by atoms with van der Waals surface area (Å²) in [5.41, 5.74) is 2.10. The number of carbonyl (C=O) groups is 1. The standard InChI is InChI=1S/C22H27ClN2O3S/c1-17-8-10-20(11-9-17)29(27,28)25-15-12-19(13-16-25)22(26)24-14-4-6-18-5-2-3-7-21(18)23/h2-3,5,7-11,19H,4,6,12-16H2,1H3,(H,24,26). The summed E-state index contributed by atoms with van der Waals surface area (Å²) in [5, 5.41) is 3.73. The van der Waals surface area contributed by atoms with Crippen molar-refractivity contribution in [3.05, 3.63) is 64.7 Å². The minimum absolute atomic E-state index is 0.0107. The summed E-state index contributed by atoms with van der Waals surface area (Å²) in [6, 6.07) is 14.6. The zero-order valence-corrected chi connectivity index (χ0v) is 18.2. The molecule has 0 spiro atoms. The van der Waals surface area contributed by atoms with E-state index in [1.54, 1.807) is 24.3 Å². The van der Waals surface area contributed by atoms with Crippen LogP contribution in [0, 0.1) is 12.8 Å². The van der Waals surface area contributed by atoms with Crippen LogP contribution in [-0.4, -0.2) is 38.3 Å². The third-order valence-corrected chi connectivity index (χ3v) is 7.65. The molecule has 0 bridgehead atoms. The summed E-state index contributed by atoms with van der Waals surface area (Å²) in [7, 11) is -3.49. The van der Waals surface area contributed by atoms with Crippen LogP contribution in [0.15, 0.2) is 53.4 Å². The highest BCUT2D eigenvalue weighted by Gasteiger charge is 2.31. The molecule has 7 heteroatoms. The Kier molecular flexibility index (Phi) is 7.33. The van der Waals surface area contributed by atoms with Gasteiger partial charge >= 0.3 is 0 Å². The molecule has 1 saturated heterocycles. The van der Waals surface area contributed by atoms with Gasteiger partial charge in [-0.2, -0.15) is 4.31 Å². The number of hydrogen-bond acceptors (Lipinski definition) is 3. The van der Waals surface area contributed by atoms with Gasteiger partial charge in [0.1, 0.15) is 0 Å². The normalized spacial score (nSPS) is 15.9. The summed E-state index contributed by atoms with van der Waals surface area (Å²) < 4.78 is 27.0. The average molecular weight is 435 g/mol. The van der Waals surface area contributed by atoms with Gasteiger partial charge in [0.25, 0.3) is 0 Å². The lowest BCUT2D eigenvalue weighted by Crippen LogP contribution is -2.43. The maximum atomic E-state index is 12.8. The van der Waals surface area contributed by atoms with Gasteiger partial charge < -0.3 is 5.32 Å². The molecule has 0 unspecified atom stereocenters. The topological polar surface area (TPSA) is 66.5 Å². The van der Waals surface area contributed by atoms with E-state index in [0.717, 1.165) is 29.0 Å². The van der Waals surface area contributed by atoms with Gasteiger partial charge in [0.05, 0.1) is 4.90 Å². The van der Waals surface area contributed by atoms with Crippen molar-refractivity contribution < 1.29 is 13.2 Å². The molecule has 0 aliphatic carbocycles. The van der Waals surface area contributed by atoms with Crippen molar-refractivity contribution in [2.75, 3.05) is 19.6 Å². The highest BCUT2D eigenvalue weighted by molar-refractivity contribution is 7.89. The summed E-state index contributed by atoms with van der Waals surface area (Å²) in [6.07, 6.45) is 2.71. The van der Waals surface area contributed by atoms with E-state index in [4.69, 9.17) is 11.6 Å². The van der Waals surface area contributed by atoms with Crippen LogP contribution in [0.1, 0.15) is 30.4 Å². The van der Waals surface area contributed by atoms with E-state index in [-0.39, 0.29) is 11.8 Å². The Morgan fingerprint density at radius 1 is 1.10 bits per heavy atom. The molecule has 0 saturated carbocycles. The van der Waals surface area contributed by atoms with E-state index in [0.29, 0.717) is 37.4 Å². The molecule has 2 aromatic rings. The first-order valence-electron chi connectivity index (χ1n) is 9.96. The summed E-state index contributed by atoms with van der Waals surface area (Å²) >= 11 is 6.15. The van der Waals surface area contributed by atoms with E-state index >= 15 is 0 Å². The summed E-state index contributed by atoms with van der Waals surface area (Å²) in [5.74, 6) is -0.128. The molecule has 3 rings (SSSR count). The molecule has 29 heavy (non-hydrogen) atoms. The number of carbonyl (C=O) groups excluding carboxylic acids is 1. The molecular formula is C22H27ClN2O3S. The van der Waals surface area contributed by atoms with Gasteiger partial charge in [-0.1, -0.05) is 47.5 Å². The fourth-order valence-corrected chi connectivity index (χ4v) is 5.25. The lowest BCUT2D eigenvalue weighted by molar-refractivity contribution is -0.126. The second kappa shape index (κ2) is 9.74. The molecule has 156 valence electrons. The van der Waals surface area contributed by atoms with E-state index < -0.39 is 10.0 Å². The number of rotatable bonds is 7. The smallest absolute Gasteiger partial charge is 0.243 e. The van der Waals surface area contributed by atoms with Gasteiger partial charge in [-0.3, -0.25) is 4.79 Å². The quantitative estimate of drug-likeness (QED) is 0.674. The second-order valence-corrected chi connectivity index (χ2v) is 9.82. The number of halogens is 1. The third kappa shape index (κ3) is 5.59. The molecule has 2 aromatic carbocycles. The van der Waals surface area contributed by atoms with Crippen LogP contribution < -0.4 is 5.32 Å². The number of benzene rings is 2. The van der Waals surface area contributed by atoms with Crippen molar-refractivity contribution >= 4 is 27.5 Å². The SMILES string of the molecule is Cc1ccc(S(=O)(=O)N2CCC(C(=O)NCCCc3ccccc3Cl)CC2)cc1. The van der Waals surface area contributed by atoms with E-state index in [2.05, 4.69) is 5.32 Å². The van der Waals surface area contributed by atoms with Crippen molar-refractivity contribution in [2.24, 2.45) is 5.92 Å². The largest absolute Gasteiger partial charge is 0.356 e. The maximum absolute atomic E-state index is 12.8. The van der Waals surface area contributed by atoms with Gasteiger partial charge in [0.15, 0.2) is 0 Å². The van der Waals surface area contributed by atoms with Crippen LogP contribution in [0.3, 0.4) is 0 Å². The van der Waals surface area contributed by atoms with Crippen LogP contribution in [0.25, 0.3) is 0 Å². The second-order valence-electron chi connectivity index (χ2n) is 7.48. The Labute approximate surface area is 178 Å². The predicted molar refractivity (Wildman–Crippen MR) is 115 cm³/mol. The van der Waals surface area contributed by atoms with Crippen molar-refractivity contribution in [3.8, 4) is 0 Å². The maximum Gasteiger partial charge on any atom is 0.243 e. The van der Waals surface area contributed by atoms with Crippen molar-refractivity contribution in [3.63, 3.8) is 0 Å². The minimum atomic E-state index is -3.49. The number of aryl methyl sites for hydroxylation is 2. The molecule has 0 radical (unpaired) electrons. The zero-order chi connectivity index (χ0) is 20.9. The number of hydrogen-bond donors (Lipinski definition) is 1. The first kappa shape index (κ1) is 21.8. The first-order chi connectivity index (χ1) is 13.9. The lowest BCUT2D eigenvalue weighted by Gasteiger charge is -2.30. The number of nitrogens with zero attached hydrogens (tertiary/aromatic N) is 1. The minimum Gasteiger partial charge on any atom is -0.356 e. The highest BCUT2D eigenvalue weighted by Crippen LogP contribution is 2.24. The van der Waals surface area contributed by atoms with Gasteiger partial charge in [-0.05, 0) is 56.4 Å². The Balaban J connectivity index is 1.44. The number of sulfonamides is 1. The molecule has 0 atom stereocenters. The van der Waals surface area contributed by atoms with Crippen molar-refractivity contribution in [2.45, 2.75) is 37.5 Å². The molecule has 1 aliphatic heterocycles. The molecule has 5 nitrogen and oxygen atoms in total. The van der Waals surface area contributed by atoms with Crippen LogP contribution >= 0.6 is 11.6 Å². The molecule has 1 N–H and O–H groups in total. The van der Waals surface area contributed by atoms with E-state index in [1.165, 1.54) is 4.31 Å².